The molecular formula is C15H11N5O3S. The zero-order valence-electron chi connectivity index (χ0n) is 12.3. The van der Waals surface area contributed by atoms with Crippen LogP contribution in [0, 0.1) is 0 Å². The first-order valence-electron chi connectivity index (χ1n) is 7.01. The Bertz CT molecular complexity index is 995. The lowest BCUT2D eigenvalue weighted by molar-refractivity contribution is 0.438. The van der Waals surface area contributed by atoms with Crippen LogP contribution < -0.4 is 9.04 Å². The summed E-state index contributed by atoms with van der Waals surface area (Å²) in [6.07, 6.45) is 5.75. The molecule has 120 valence electrons. The Labute approximate surface area is 137 Å². The Balaban J connectivity index is 1.68. The lowest BCUT2D eigenvalue weighted by atomic mass is 10.2. The maximum Gasteiger partial charge on any atom is 0.324 e. The molecule has 9 heteroatoms. The maximum absolute atomic E-state index is 12.7. The van der Waals surface area contributed by atoms with E-state index in [1.807, 2.05) is 6.07 Å². The molecule has 0 bridgehead atoms. The highest BCUT2D eigenvalue weighted by Crippen LogP contribution is 2.33. The standard InChI is InChI=1S/C15H11N5O3S/c21-24(22)13-4-2-1-3-11(13)9-20(24)14-5-6-18-15(19-14)23-12-7-16-10-17-8-12/h1-8,10H,9H2. The van der Waals surface area contributed by atoms with Gasteiger partial charge in [0.2, 0.25) is 0 Å². The van der Waals surface area contributed by atoms with E-state index in [0.29, 0.717) is 10.6 Å². The molecule has 0 saturated heterocycles. The van der Waals surface area contributed by atoms with Crippen molar-refractivity contribution in [3.63, 3.8) is 0 Å². The molecule has 24 heavy (non-hydrogen) atoms. The van der Waals surface area contributed by atoms with Gasteiger partial charge in [0.05, 0.1) is 23.8 Å². The lowest BCUT2D eigenvalue weighted by Gasteiger charge is -2.16. The molecule has 0 amide bonds. The van der Waals surface area contributed by atoms with Crippen molar-refractivity contribution in [3.05, 3.63) is 60.8 Å². The fourth-order valence-electron chi connectivity index (χ4n) is 2.41. The van der Waals surface area contributed by atoms with E-state index >= 15 is 0 Å². The first kappa shape index (κ1) is 14.5. The second-order valence-electron chi connectivity index (χ2n) is 4.99. The minimum Gasteiger partial charge on any atom is -0.421 e. The van der Waals surface area contributed by atoms with Gasteiger partial charge in [-0.3, -0.25) is 0 Å². The van der Waals surface area contributed by atoms with Crippen molar-refractivity contribution < 1.29 is 13.2 Å². The molecule has 0 spiro atoms. The fraction of sp³-hybridized carbons (Fsp3) is 0.0667. The summed E-state index contributed by atoms with van der Waals surface area (Å²) >= 11 is 0. The van der Waals surface area contributed by atoms with Crippen LogP contribution in [0.2, 0.25) is 0 Å². The van der Waals surface area contributed by atoms with Crippen molar-refractivity contribution in [2.75, 3.05) is 4.31 Å². The summed E-state index contributed by atoms with van der Waals surface area (Å²) in [6, 6.07) is 8.43. The normalized spacial score (nSPS) is 15.1. The molecule has 0 atom stereocenters. The predicted molar refractivity (Wildman–Crippen MR) is 83.9 cm³/mol. The Kier molecular flexibility index (Phi) is 3.35. The second-order valence-corrected chi connectivity index (χ2v) is 6.82. The highest BCUT2D eigenvalue weighted by Gasteiger charge is 2.35. The molecular weight excluding hydrogens is 330 g/mol. The maximum atomic E-state index is 12.7. The van der Waals surface area contributed by atoms with Gasteiger partial charge in [0, 0.05) is 12.3 Å². The van der Waals surface area contributed by atoms with Gasteiger partial charge in [-0.15, -0.1) is 0 Å². The van der Waals surface area contributed by atoms with E-state index in [2.05, 4.69) is 19.9 Å². The topological polar surface area (TPSA) is 98.2 Å². The monoisotopic (exact) mass is 341 g/mol. The third-order valence-corrected chi connectivity index (χ3v) is 5.33. The van der Waals surface area contributed by atoms with Gasteiger partial charge in [0.1, 0.15) is 12.1 Å². The zero-order chi connectivity index (χ0) is 16.6. The van der Waals surface area contributed by atoms with Crippen molar-refractivity contribution in [1.82, 2.24) is 19.9 Å². The van der Waals surface area contributed by atoms with Crippen LogP contribution in [0.3, 0.4) is 0 Å². The molecule has 1 aliphatic rings. The molecule has 1 aromatic carbocycles. The van der Waals surface area contributed by atoms with E-state index in [-0.39, 0.29) is 18.4 Å². The summed E-state index contributed by atoms with van der Waals surface area (Å²) in [5.41, 5.74) is 0.732. The van der Waals surface area contributed by atoms with Crippen LogP contribution in [0.25, 0.3) is 0 Å². The quantitative estimate of drug-likeness (QED) is 0.716. The zero-order valence-corrected chi connectivity index (χ0v) is 13.1. The summed E-state index contributed by atoms with van der Waals surface area (Å²) in [6.45, 7) is 0.226. The highest BCUT2D eigenvalue weighted by molar-refractivity contribution is 7.93. The number of fused-ring (bicyclic) bond motifs is 1. The number of aromatic nitrogens is 4. The largest absolute Gasteiger partial charge is 0.421 e. The SMILES string of the molecule is O=S1(=O)c2ccccc2CN1c1ccnc(Oc2cncnc2)n1. The van der Waals surface area contributed by atoms with Crippen molar-refractivity contribution in [1.29, 1.82) is 0 Å². The predicted octanol–water partition coefficient (Wildman–Crippen LogP) is 1.77. The molecule has 4 rings (SSSR count). The van der Waals surface area contributed by atoms with Crippen LogP contribution in [-0.2, 0) is 16.6 Å². The number of anilines is 1. The van der Waals surface area contributed by atoms with Gasteiger partial charge < -0.3 is 4.74 Å². The Morgan fingerprint density at radius 1 is 1.08 bits per heavy atom. The third-order valence-electron chi connectivity index (χ3n) is 3.47. The van der Waals surface area contributed by atoms with Crippen LogP contribution >= 0.6 is 0 Å². The molecule has 3 heterocycles. The van der Waals surface area contributed by atoms with E-state index in [4.69, 9.17) is 4.74 Å². The average Bonchev–Trinajstić information content (AvgIpc) is 2.88. The van der Waals surface area contributed by atoms with E-state index in [0.717, 1.165) is 5.56 Å². The summed E-state index contributed by atoms with van der Waals surface area (Å²) in [4.78, 5) is 16.1. The lowest BCUT2D eigenvalue weighted by Crippen LogP contribution is -2.24. The summed E-state index contributed by atoms with van der Waals surface area (Å²) in [5, 5.41) is 0. The highest BCUT2D eigenvalue weighted by atomic mass is 32.2. The van der Waals surface area contributed by atoms with Gasteiger partial charge in [0.25, 0.3) is 10.0 Å². The number of nitrogens with zero attached hydrogens (tertiary/aromatic N) is 5. The molecule has 0 aliphatic carbocycles. The Morgan fingerprint density at radius 2 is 1.88 bits per heavy atom. The number of rotatable bonds is 3. The van der Waals surface area contributed by atoms with Crippen LogP contribution in [0.15, 0.2) is 60.1 Å². The van der Waals surface area contributed by atoms with Crippen LogP contribution in [0.1, 0.15) is 5.56 Å². The number of benzene rings is 1. The molecule has 8 nitrogen and oxygen atoms in total. The van der Waals surface area contributed by atoms with E-state index in [1.54, 1.807) is 18.2 Å². The van der Waals surface area contributed by atoms with Gasteiger partial charge in [-0.1, -0.05) is 18.2 Å². The van der Waals surface area contributed by atoms with Crippen molar-refractivity contribution in [2.45, 2.75) is 11.4 Å². The molecule has 0 unspecified atom stereocenters. The molecule has 0 radical (unpaired) electrons. The number of hydrogen-bond donors (Lipinski definition) is 0. The van der Waals surface area contributed by atoms with Crippen molar-refractivity contribution in [3.8, 4) is 11.8 Å². The molecule has 0 N–H and O–H groups in total. The smallest absolute Gasteiger partial charge is 0.324 e. The summed E-state index contributed by atoms with van der Waals surface area (Å²) in [5.74, 6) is 0.607. The molecule has 0 fully saturated rings. The molecule has 1 aliphatic heterocycles. The second kappa shape index (κ2) is 5.53. The first-order chi connectivity index (χ1) is 11.6. The number of hydrogen-bond acceptors (Lipinski definition) is 7. The van der Waals surface area contributed by atoms with Gasteiger partial charge >= 0.3 is 6.01 Å². The van der Waals surface area contributed by atoms with Gasteiger partial charge in [-0.05, 0) is 11.6 Å². The van der Waals surface area contributed by atoms with Gasteiger partial charge in [0.15, 0.2) is 5.75 Å². The minimum absolute atomic E-state index is 0.0217. The Morgan fingerprint density at radius 3 is 2.67 bits per heavy atom. The van der Waals surface area contributed by atoms with Crippen LogP contribution in [0.4, 0.5) is 5.82 Å². The molecule has 3 aromatic rings. The van der Waals surface area contributed by atoms with E-state index < -0.39 is 10.0 Å². The molecule has 0 saturated carbocycles. The summed E-state index contributed by atoms with van der Waals surface area (Å²) in [7, 11) is -3.63. The van der Waals surface area contributed by atoms with Crippen molar-refractivity contribution >= 4 is 15.8 Å². The number of ether oxygens (including phenoxy) is 1. The summed E-state index contributed by atoms with van der Waals surface area (Å²) < 4.78 is 32.0. The van der Waals surface area contributed by atoms with Gasteiger partial charge in [-0.2, -0.15) is 4.98 Å². The van der Waals surface area contributed by atoms with E-state index in [9.17, 15) is 8.42 Å². The Hall–Kier alpha value is -3.07. The third kappa shape index (κ3) is 2.44. The minimum atomic E-state index is -3.63. The van der Waals surface area contributed by atoms with Crippen LogP contribution in [-0.4, -0.2) is 28.4 Å². The van der Waals surface area contributed by atoms with Crippen LogP contribution in [0.5, 0.6) is 11.8 Å². The average molecular weight is 341 g/mol. The van der Waals surface area contributed by atoms with Gasteiger partial charge in [-0.25, -0.2) is 27.7 Å². The number of sulfonamides is 1. The van der Waals surface area contributed by atoms with E-state index in [1.165, 1.54) is 35.3 Å². The van der Waals surface area contributed by atoms with Crippen molar-refractivity contribution in [2.24, 2.45) is 0 Å². The fourth-order valence-corrected chi connectivity index (χ4v) is 4.02. The molecule has 2 aromatic heterocycles. The first-order valence-corrected chi connectivity index (χ1v) is 8.45.